The van der Waals surface area contributed by atoms with Crippen LogP contribution in [0.15, 0.2) is 12.4 Å². The average Bonchev–Trinajstić information content (AvgIpc) is 2.34. The zero-order valence-electron chi connectivity index (χ0n) is 6.54. The van der Waals surface area contributed by atoms with Crippen molar-refractivity contribution in [2.24, 2.45) is 0 Å². The van der Waals surface area contributed by atoms with Gasteiger partial charge in [0.15, 0.2) is 0 Å². The van der Waals surface area contributed by atoms with Crippen LogP contribution in [-0.2, 0) is 13.0 Å². The van der Waals surface area contributed by atoms with Gasteiger partial charge in [0.1, 0.15) is 12.4 Å². The molecule has 0 atom stereocenters. The molecule has 0 amide bonds. The third-order valence-corrected chi connectivity index (χ3v) is 1.39. The van der Waals surface area contributed by atoms with Gasteiger partial charge in [-0.3, -0.25) is 0 Å². The molecule has 1 rings (SSSR count). The molecular formula is C7H6F3N3. The molecule has 0 fully saturated rings. The lowest BCUT2D eigenvalue weighted by molar-refractivity contribution is -0.141. The first-order valence-electron chi connectivity index (χ1n) is 3.46. The Morgan fingerprint density at radius 2 is 2.23 bits per heavy atom. The maximum atomic E-state index is 11.9. The van der Waals surface area contributed by atoms with Crippen LogP contribution in [0.2, 0.25) is 0 Å². The van der Waals surface area contributed by atoms with E-state index >= 15 is 0 Å². The molecule has 0 saturated heterocycles. The highest BCUT2D eigenvalue weighted by Gasteiger charge is 2.28. The van der Waals surface area contributed by atoms with Crippen LogP contribution in [0.3, 0.4) is 0 Å². The van der Waals surface area contributed by atoms with Crippen molar-refractivity contribution in [3.8, 4) is 6.07 Å². The molecule has 0 aliphatic heterocycles. The van der Waals surface area contributed by atoms with Crippen LogP contribution in [0.25, 0.3) is 0 Å². The molecule has 1 heterocycles. The lowest BCUT2D eigenvalue weighted by Gasteiger charge is -2.08. The van der Waals surface area contributed by atoms with Gasteiger partial charge in [-0.25, -0.2) is 4.98 Å². The Morgan fingerprint density at radius 1 is 1.54 bits per heavy atom. The van der Waals surface area contributed by atoms with Crippen LogP contribution < -0.4 is 0 Å². The minimum Gasteiger partial charge on any atom is -0.325 e. The first-order valence-corrected chi connectivity index (χ1v) is 3.46. The van der Waals surface area contributed by atoms with Gasteiger partial charge in [0.2, 0.25) is 0 Å². The quantitative estimate of drug-likeness (QED) is 0.707. The lowest BCUT2D eigenvalue weighted by Crippen LogP contribution is -2.18. The second kappa shape index (κ2) is 3.47. The first kappa shape index (κ1) is 9.58. The van der Waals surface area contributed by atoms with Crippen LogP contribution in [0.4, 0.5) is 13.2 Å². The van der Waals surface area contributed by atoms with Gasteiger partial charge >= 0.3 is 6.18 Å². The highest BCUT2D eigenvalue weighted by Crippen LogP contribution is 2.18. The van der Waals surface area contributed by atoms with Crippen LogP contribution in [0.5, 0.6) is 0 Å². The summed E-state index contributed by atoms with van der Waals surface area (Å²) >= 11 is 0. The summed E-state index contributed by atoms with van der Waals surface area (Å²) in [5, 5.41) is 8.28. The smallest absolute Gasteiger partial charge is 0.325 e. The number of aromatic nitrogens is 2. The number of hydrogen-bond acceptors (Lipinski definition) is 2. The summed E-state index contributed by atoms with van der Waals surface area (Å²) in [5.41, 5.74) is 0. The lowest BCUT2D eigenvalue weighted by atomic mass is 10.4. The molecule has 0 bridgehead atoms. The van der Waals surface area contributed by atoms with Gasteiger partial charge in [0.25, 0.3) is 0 Å². The van der Waals surface area contributed by atoms with E-state index in [1.54, 1.807) is 6.07 Å². The molecule has 0 spiro atoms. The Kier molecular flexibility index (Phi) is 2.56. The third kappa shape index (κ3) is 2.78. The molecule has 6 heteroatoms. The fourth-order valence-electron chi connectivity index (χ4n) is 0.915. The number of alkyl halides is 3. The standard InChI is InChI=1S/C7H6F3N3/c8-7(9,10)5-13-4-3-12-6(13)1-2-11/h3-4H,1,5H2. The van der Waals surface area contributed by atoms with Crippen molar-refractivity contribution in [3.63, 3.8) is 0 Å². The predicted octanol–water partition coefficient (Wildman–Crippen LogP) is 1.51. The van der Waals surface area contributed by atoms with Crippen molar-refractivity contribution in [2.45, 2.75) is 19.1 Å². The number of imidazole rings is 1. The van der Waals surface area contributed by atoms with E-state index in [1.165, 1.54) is 12.4 Å². The van der Waals surface area contributed by atoms with E-state index < -0.39 is 12.7 Å². The second-order valence-corrected chi connectivity index (χ2v) is 2.42. The molecule has 0 radical (unpaired) electrons. The maximum Gasteiger partial charge on any atom is 0.406 e. The predicted molar refractivity (Wildman–Crippen MR) is 37.6 cm³/mol. The van der Waals surface area contributed by atoms with Gasteiger partial charge in [0.05, 0.1) is 12.5 Å². The summed E-state index contributed by atoms with van der Waals surface area (Å²) in [4.78, 5) is 3.63. The highest BCUT2D eigenvalue weighted by molar-refractivity contribution is 4.99. The zero-order valence-corrected chi connectivity index (χ0v) is 6.54. The summed E-state index contributed by atoms with van der Waals surface area (Å²) in [6.07, 6.45) is -1.92. The fraction of sp³-hybridized carbons (Fsp3) is 0.429. The summed E-state index contributed by atoms with van der Waals surface area (Å²) in [7, 11) is 0. The van der Waals surface area contributed by atoms with E-state index in [-0.39, 0.29) is 12.2 Å². The van der Waals surface area contributed by atoms with Crippen molar-refractivity contribution in [3.05, 3.63) is 18.2 Å². The van der Waals surface area contributed by atoms with Crippen LogP contribution >= 0.6 is 0 Å². The fourth-order valence-corrected chi connectivity index (χ4v) is 0.915. The second-order valence-electron chi connectivity index (χ2n) is 2.42. The van der Waals surface area contributed by atoms with Crippen molar-refractivity contribution in [1.29, 1.82) is 5.26 Å². The zero-order chi connectivity index (χ0) is 9.90. The molecule has 0 saturated carbocycles. The van der Waals surface area contributed by atoms with E-state index in [2.05, 4.69) is 4.98 Å². The monoisotopic (exact) mass is 189 g/mol. The third-order valence-electron chi connectivity index (χ3n) is 1.39. The molecule has 1 aromatic rings. The molecule has 70 valence electrons. The number of nitriles is 1. The minimum atomic E-state index is -4.27. The van der Waals surface area contributed by atoms with E-state index in [9.17, 15) is 13.2 Å². The molecule has 0 aliphatic carbocycles. The van der Waals surface area contributed by atoms with Gasteiger partial charge in [0, 0.05) is 12.4 Å². The molecule has 0 unspecified atom stereocenters. The minimum absolute atomic E-state index is 0.108. The summed E-state index contributed by atoms with van der Waals surface area (Å²) < 4.78 is 36.6. The summed E-state index contributed by atoms with van der Waals surface area (Å²) in [6, 6.07) is 1.75. The van der Waals surface area contributed by atoms with Crippen molar-refractivity contribution >= 4 is 0 Å². The molecule has 0 aromatic carbocycles. The summed E-state index contributed by atoms with van der Waals surface area (Å²) in [5.74, 6) is 0.139. The summed E-state index contributed by atoms with van der Waals surface area (Å²) in [6.45, 7) is -1.09. The Bertz CT molecular complexity index is 320. The van der Waals surface area contributed by atoms with Gasteiger partial charge < -0.3 is 4.57 Å². The molecule has 1 aromatic heterocycles. The number of rotatable bonds is 2. The van der Waals surface area contributed by atoms with Crippen LogP contribution in [0.1, 0.15) is 5.82 Å². The van der Waals surface area contributed by atoms with Crippen molar-refractivity contribution < 1.29 is 13.2 Å². The first-order chi connectivity index (χ1) is 6.03. The largest absolute Gasteiger partial charge is 0.406 e. The molecule has 0 aliphatic rings. The van der Waals surface area contributed by atoms with Gasteiger partial charge in [-0.1, -0.05) is 0 Å². The highest BCUT2D eigenvalue weighted by atomic mass is 19.4. The molecule has 13 heavy (non-hydrogen) atoms. The molecule has 0 N–H and O–H groups in total. The Labute approximate surface area is 72.4 Å². The van der Waals surface area contributed by atoms with E-state index in [0.717, 1.165) is 4.57 Å². The van der Waals surface area contributed by atoms with Crippen LogP contribution in [0, 0.1) is 11.3 Å². The van der Waals surface area contributed by atoms with Gasteiger partial charge in [-0.2, -0.15) is 18.4 Å². The van der Waals surface area contributed by atoms with Crippen molar-refractivity contribution in [1.82, 2.24) is 9.55 Å². The molecule has 3 nitrogen and oxygen atoms in total. The van der Waals surface area contributed by atoms with Gasteiger partial charge in [-0.15, -0.1) is 0 Å². The number of hydrogen-bond donors (Lipinski definition) is 0. The maximum absolute atomic E-state index is 11.9. The topological polar surface area (TPSA) is 41.6 Å². The Balaban J connectivity index is 2.78. The molecular weight excluding hydrogens is 183 g/mol. The van der Waals surface area contributed by atoms with Crippen molar-refractivity contribution in [2.75, 3.05) is 0 Å². The normalized spacial score (nSPS) is 11.2. The number of nitrogens with zero attached hydrogens (tertiary/aromatic N) is 3. The average molecular weight is 189 g/mol. The van der Waals surface area contributed by atoms with E-state index in [0.29, 0.717) is 0 Å². The van der Waals surface area contributed by atoms with E-state index in [4.69, 9.17) is 5.26 Å². The Morgan fingerprint density at radius 3 is 2.77 bits per heavy atom. The SMILES string of the molecule is N#CCc1nccn1CC(F)(F)F. The van der Waals surface area contributed by atoms with E-state index in [1.807, 2.05) is 0 Å². The Hall–Kier alpha value is -1.51. The van der Waals surface area contributed by atoms with Gasteiger partial charge in [-0.05, 0) is 0 Å². The number of halogens is 3. The van der Waals surface area contributed by atoms with Crippen LogP contribution in [-0.4, -0.2) is 15.7 Å².